The van der Waals surface area contributed by atoms with E-state index >= 15 is 0 Å². The van der Waals surface area contributed by atoms with Crippen molar-refractivity contribution in [2.75, 3.05) is 6.61 Å². The summed E-state index contributed by atoms with van der Waals surface area (Å²) in [5.41, 5.74) is 3.67. The molecule has 2 N–H and O–H groups in total. The second-order valence-corrected chi connectivity index (χ2v) is 9.93. The molecule has 6 rings (SSSR count). The van der Waals surface area contributed by atoms with E-state index in [1.165, 1.54) is 23.3 Å². The lowest BCUT2D eigenvalue weighted by Crippen LogP contribution is -2.46. The number of carbonyl (C=O) groups excluding carboxylic acids is 1. The van der Waals surface area contributed by atoms with Crippen molar-refractivity contribution in [1.29, 1.82) is 0 Å². The molecular formula is C28H28FN3O3. The van der Waals surface area contributed by atoms with Crippen LogP contribution in [0.15, 0.2) is 71.5 Å². The van der Waals surface area contributed by atoms with Crippen molar-refractivity contribution in [3.8, 4) is 0 Å². The summed E-state index contributed by atoms with van der Waals surface area (Å²) in [6.07, 6.45) is 1.56. The molecule has 2 aromatic carbocycles. The molecule has 0 spiro atoms. The third kappa shape index (κ3) is 3.70. The molecule has 3 aromatic rings. The number of nitrogens with one attached hydrogen (secondary N) is 1. The molecule has 0 radical (unpaired) electrons. The molecule has 1 aromatic heterocycles. The lowest BCUT2D eigenvalue weighted by Gasteiger charge is -2.38. The van der Waals surface area contributed by atoms with Gasteiger partial charge < -0.3 is 15.0 Å². The van der Waals surface area contributed by atoms with Gasteiger partial charge in [0.2, 0.25) is 5.91 Å². The van der Waals surface area contributed by atoms with E-state index in [2.05, 4.69) is 22.3 Å². The van der Waals surface area contributed by atoms with E-state index in [0.29, 0.717) is 18.7 Å². The van der Waals surface area contributed by atoms with Crippen LogP contribution in [0.25, 0.3) is 0 Å². The van der Waals surface area contributed by atoms with E-state index in [1.54, 1.807) is 28.8 Å². The lowest BCUT2D eigenvalue weighted by atomic mass is 9.86. The van der Waals surface area contributed by atoms with Gasteiger partial charge in [0.05, 0.1) is 12.0 Å². The molecule has 3 heterocycles. The maximum Gasteiger partial charge on any atom is 0.250 e. The number of aliphatic hydroxyl groups excluding tert-OH is 1. The summed E-state index contributed by atoms with van der Waals surface area (Å²) >= 11 is 0. The van der Waals surface area contributed by atoms with Gasteiger partial charge >= 0.3 is 0 Å². The van der Waals surface area contributed by atoms with E-state index in [4.69, 9.17) is 0 Å². The van der Waals surface area contributed by atoms with Crippen LogP contribution in [-0.2, 0) is 30.7 Å². The molecule has 1 fully saturated rings. The number of fused-ring (bicyclic) bond motifs is 5. The zero-order valence-corrected chi connectivity index (χ0v) is 19.3. The maximum atomic E-state index is 14.6. The molecule has 0 unspecified atom stereocenters. The minimum Gasteiger partial charge on any atom is -0.396 e. The first-order chi connectivity index (χ1) is 17.0. The highest BCUT2D eigenvalue weighted by molar-refractivity contribution is 5.81. The van der Waals surface area contributed by atoms with Gasteiger partial charge in [0.15, 0.2) is 0 Å². The summed E-state index contributed by atoms with van der Waals surface area (Å²) in [5.74, 6) is -1.32. The number of halogens is 1. The highest BCUT2D eigenvalue weighted by atomic mass is 19.1. The molecule has 1 aliphatic carbocycles. The van der Waals surface area contributed by atoms with Gasteiger partial charge in [0.1, 0.15) is 5.82 Å². The number of hydrogen-bond donors (Lipinski definition) is 2. The number of benzene rings is 2. The number of rotatable bonds is 5. The van der Waals surface area contributed by atoms with Gasteiger partial charge in [-0.3, -0.25) is 14.5 Å². The quantitative estimate of drug-likeness (QED) is 0.597. The fraction of sp³-hybridized carbons (Fsp3) is 0.357. The lowest BCUT2D eigenvalue weighted by molar-refractivity contribution is -0.128. The number of hydrogen-bond acceptors (Lipinski definition) is 4. The minimum atomic E-state index is -0.545. The molecule has 3 aliphatic rings. The zero-order chi connectivity index (χ0) is 24.1. The number of carbonyl (C=O) groups is 1. The Hall–Kier alpha value is -3.29. The van der Waals surface area contributed by atoms with Gasteiger partial charge in [-0.05, 0) is 36.1 Å². The van der Waals surface area contributed by atoms with Crippen LogP contribution in [0.2, 0.25) is 0 Å². The van der Waals surface area contributed by atoms with Gasteiger partial charge in [0.25, 0.3) is 5.56 Å². The van der Waals surface area contributed by atoms with Crippen molar-refractivity contribution in [2.45, 2.75) is 44.1 Å². The van der Waals surface area contributed by atoms with Crippen LogP contribution < -0.4 is 10.9 Å². The fourth-order valence-corrected chi connectivity index (χ4v) is 6.47. The van der Waals surface area contributed by atoms with Crippen LogP contribution in [0.5, 0.6) is 0 Å². The Kier molecular flexibility index (Phi) is 5.54. The van der Waals surface area contributed by atoms with Crippen molar-refractivity contribution in [3.05, 3.63) is 105 Å². The van der Waals surface area contributed by atoms with Crippen LogP contribution in [0.4, 0.5) is 4.39 Å². The number of amides is 1. The average molecular weight is 474 g/mol. The summed E-state index contributed by atoms with van der Waals surface area (Å²) < 4.78 is 16.3. The molecule has 4 atom stereocenters. The Morgan fingerprint density at radius 1 is 1.00 bits per heavy atom. The van der Waals surface area contributed by atoms with Crippen LogP contribution in [-0.4, -0.2) is 39.2 Å². The second-order valence-electron chi connectivity index (χ2n) is 9.93. The van der Waals surface area contributed by atoms with E-state index in [-0.39, 0.29) is 41.9 Å². The smallest absolute Gasteiger partial charge is 0.250 e. The Balaban J connectivity index is 1.35. The molecule has 2 bridgehead atoms. The number of aliphatic hydroxyl groups is 1. The molecular weight excluding hydrogens is 445 g/mol. The minimum absolute atomic E-state index is 0.00215. The number of pyridine rings is 1. The standard InChI is InChI=1S/C28H28FN3O3/c29-22-9-4-3-8-19(22)14-32-24-15-31-23(10-5-11-25(31)34)27(32)26(21(24)16-33)28(35)30-20-12-17-6-1-2-7-18(17)13-20/h1-11,20-21,24,26-27,33H,12-16H2,(H,30,35)/t21-,24-,26+,27+/m1/s1. The van der Waals surface area contributed by atoms with E-state index in [9.17, 15) is 19.1 Å². The van der Waals surface area contributed by atoms with Crippen molar-refractivity contribution < 1.29 is 14.3 Å². The predicted molar refractivity (Wildman–Crippen MR) is 129 cm³/mol. The van der Waals surface area contributed by atoms with Crippen LogP contribution in [0, 0.1) is 17.7 Å². The second kappa shape index (κ2) is 8.73. The molecule has 35 heavy (non-hydrogen) atoms. The van der Waals surface area contributed by atoms with Gasteiger partial charge in [-0.1, -0.05) is 48.5 Å². The Bertz CT molecular complexity index is 1310. The van der Waals surface area contributed by atoms with E-state index in [0.717, 1.165) is 18.5 Å². The van der Waals surface area contributed by atoms with Crippen LogP contribution >= 0.6 is 0 Å². The number of nitrogens with zero attached hydrogens (tertiary/aromatic N) is 2. The summed E-state index contributed by atoms with van der Waals surface area (Å²) in [6, 6.07) is 19.3. The largest absolute Gasteiger partial charge is 0.396 e. The molecule has 1 saturated heterocycles. The predicted octanol–water partition coefficient (Wildman–Crippen LogP) is 2.43. The van der Waals surface area contributed by atoms with Crippen molar-refractivity contribution in [2.24, 2.45) is 11.8 Å². The molecule has 0 saturated carbocycles. The van der Waals surface area contributed by atoms with E-state index in [1.807, 2.05) is 18.2 Å². The fourth-order valence-electron chi connectivity index (χ4n) is 6.47. The third-order valence-corrected chi connectivity index (χ3v) is 8.06. The SMILES string of the molecule is O=C(NC1Cc2ccccc2C1)[C@H]1[C@H](CO)[C@H]2Cn3c(cccc3=O)[C@@H]1N2Cc1ccccc1F. The van der Waals surface area contributed by atoms with Crippen LogP contribution in [0.1, 0.15) is 28.4 Å². The average Bonchev–Trinajstić information content (AvgIpc) is 3.35. The van der Waals surface area contributed by atoms with Crippen LogP contribution in [0.3, 0.4) is 0 Å². The van der Waals surface area contributed by atoms with Gasteiger partial charge in [-0.2, -0.15) is 0 Å². The van der Waals surface area contributed by atoms with E-state index < -0.39 is 12.0 Å². The first kappa shape index (κ1) is 22.2. The summed E-state index contributed by atoms with van der Waals surface area (Å²) in [5, 5.41) is 13.7. The highest BCUT2D eigenvalue weighted by Crippen LogP contribution is 2.49. The monoisotopic (exact) mass is 473 g/mol. The normalized spacial score (nSPS) is 25.3. The van der Waals surface area contributed by atoms with Crippen molar-refractivity contribution in [1.82, 2.24) is 14.8 Å². The summed E-state index contributed by atoms with van der Waals surface area (Å²) in [4.78, 5) is 28.6. The molecule has 2 aliphatic heterocycles. The van der Waals surface area contributed by atoms with Gasteiger partial charge in [0, 0.05) is 55.0 Å². The zero-order valence-electron chi connectivity index (χ0n) is 19.3. The van der Waals surface area contributed by atoms with Gasteiger partial charge in [-0.15, -0.1) is 0 Å². The first-order valence-electron chi connectivity index (χ1n) is 12.2. The maximum absolute atomic E-state index is 14.6. The molecule has 6 nitrogen and oxygen atoms in total. The van der Waals surface area contributed by atoms with Gasteiger partial charge in [-0.25, -0.2) is 4.39 Å². The molecule has 180 valence electrons. The summed E-state index contributed by atoms with van der Waals surface area (Å²) in [6.45, 7) is 0.491. The Morgan fingerprint density at radius 3 is 2.43 bits per heavy atom. The summed E-state index contributed by atoms with van der Waals surface area (Å²) in [7, 11) is 0. The van der Waals surface area contributed by atoms with Crippen molar-refractivity contribution >= 4 is 5.91 Å². The topological polar surface area (TPSA) is 74.6 Å². The first-order valence-corrected chi connectivity index (χ1v) is 12.2. The van der Waals surface area contributed by atoms with Crippen molar-refractivity contribution in [3.63, 3.8) is 0 Å². The Morgan fingerprint density at radius 2 is 1.71 bits per heavy atom. The molecule has 1 amide bonds. The third-order valence-electron chi connectivity index (χ3n) is 8.06. The number of aromatic nitrogens is 1. The Labute approximate surface area is 203 Å². The highest BCUT2D eigenvalue weighted by Gasteiger charge is 2.55. The molecule has 7 heteroatoms.